The number of amides is 1. The molecule has 0 radical (unpaired) electrons. The van der Waals surface area contributed by atoms with E-state index in [9.17, 15) is 4.79 Å². The Labute approximate surface area is 94.1 Å². The fraction of sp³-hybridized carbons (Fsp3) is 0.545. The molecule has 0 spiro atoms. The lowest BCUT2D eigenvalue weighted by molar-refractivity contribution is -0.142. The van der Waals surface area contributed by atoms with Gasteiger partial charge in [0.25, 0.3) is 0 Å². The molecule has 1 fully saturated rings. The summed E-state index contributed by atoms with van der Waals surface area (Å²) in [5.74, 6) is -0.0672. The van der Waals surface area contributed by atoms with E-state index in [2.05, 4.69) is 16.3 Å². The number of nitrogens with zero attached hydrogens (tertiary/aromatic N) is 3. The van der Waals surface area contributed by atoms with Gasteiger partial charge in [0.15, 0.2) is 0 Å². The number of carbonyl (C=O) groups excluding carboxylic acids is 1. The molecule has 0 bridgehead atoms. The van der Waals surface area contributed by atoms with E-state index in [1.165, 1.54) is 0 Å². The molecule has 0 saturated heterocycles. The molecule has 1 amide bonds. The predicted octanol–water partition coefficient (Wildman–Crippen LogP) is 1.06. The zero-order valence-electron chi connectivity index (χ0n) is 9.23. The van der Waals surface area contributed by atoms with Crippen LogP contribution in [0.4, 0.5) is 0 Å². The second-order valence-electron chi connectivity index (χ2n) is 4.32. The van der Waals surface area contributed by atoms with Gasteiger partial charge in [-0.15, -0.1) is 0 Å². The highest BCUT2D eigenvalue weighted by Gasteiger charge is 2.46. The van der Waals surface area contributed by atoms with Gasteiger partial charge < -0.3 is 4.90 Å². The Morgan fingerprint density at radius 3 is 2.94 bits per heavy atom. The molecule has 0 atom stereocenters. The molecule has 5 nitrogen and oxygen atoms in total. The van der Waals surface area contributed by atoms with Crippen LogP contribution in [0.5, 0.6) is 0 Å². The first-order valence-corrected chi connectivity index (χ1v) is 5.32. The number of carbonyl (C=O) groups is 1. The number of aromatic nitrogens is 2. The van der Waals surface area contributed by atoms with Crippen molar-refractivity contribution in [2.45, 2.75) is 25.8 Å². The molecule has 1 aliphatic carbocycles. The van der Waals surface area contributed by atoms with Crippen LogP contribution in [0.1, 0.15) is 24.8 Å². The zero-order valence-corrected chi connectivity index (χ0v) is 9.23. The maximum absolute atomic E-state index is 12.1. The van der Waals surface area contributed by atoms with Crippen molar-refractivity contribution in [1.29, 1.82) is 5.26 Å². The second-order valence-corrected chi connectivity index (χ2v) is 4.32. The summed E-state index contributed by atoms with van der Waals surface area (Å²) in [6.07, 6.45) is 5.79. The Kier molecular flexibility index (Phi) is 2.65. The number of nitriles is 1. The summed E-state index contributed by atoms with van der Waals surface area (Å²) in [4.78, 5) is 13.7. The van der Waals surface area contributed by atoms with E-state index < -0.39 is 5.41 Å². The first-order chi connectivity index (χ1) is 7.68. The van der Waals surface area contributed by atoms with Gasteiger partial charge in [-0.2, -0.15) is 10.4 Å². The van der Waals surface area contributed by atoms with Crippen molar-refractivity contribution in [3.63, 3.8) is 0 Å². The van der Waals surface area contributed by atoms with E-state index in [1.54, 1.807) is 24.3 Å². The Balaban J connectivity index is 2.02. The molecule has 0 aromatic carbocycles. The maximum Gasteiger partial charge on any atom is 0.243 e. The van der Waals surface area contributed by atoms with Crippen LogP contribution in [0.3, 0.4) is 0 Å². The minimum atomic E-state index is -0.752. The quantitative estimate of drug-likeness (QED) is 0.824. The van der Waals surface area contributed by atoms with Crippen molar-refractivity contribution in [1.82, 2.24) is 15.1 Å². The van der Waals surface area contributed by atoms with Crippen LogP contribution in [0, 0.1) is 16.7 Å². The molecular formula is C11H14N4O. The molecule has 1 saturated carbocycles. The van der Waals surface area contributed by atoms with E-state index in [0.29, 0.717) is 19.4 Å². The third-order valence-corrected chi connectivity index (χ3v) is 3.15. The summed E-state index contributed by atoms with van der Waals surface area (Å²) >= 11 is 0. The highest BCUT2D eigenvalue weighted by molar-refractivity contribution is 5.86. The van der Waals surface area contributed by atoms with Gasteiger partial charge in [0.2, 0.25) is 5.91 Å². The lowest BCUT2D eigenvalue weighted by Gasteiger charge is -2.36. The summed E-state index contributed by atoms with van der Waals surface area (Å²) in [7, 11) is 1.73. The molecule has 5 heteroatoms. The van der Waals surface area contributed by atoms with Crippen molar-refractivity contribution in [3.05, 3.63) is 18.0 Å². The van der Waals surface area contributed by atoms with E-state index in [0.717, 1.165) is 12.0 Å². The number of hydrogen-bond donors (Lipinski definition) is 1. The van der Waals surface area contributed by atoms with Crippen molar-refractivity contribution < 1.29 is 4.79 Å². The van der Waals surface area contributed by atoms with E-state index in [-0.39, 0.29) is 5.91 Å². The van der Waals surface area contributed by atoms with Crippen molar-refractivity contribution in [2.75, 3.05) is 7.05 Å². The number of hydrogen-bond acceptors (Lipinski definition) is 3. The average molecular weight is 218 g/mol. The van der Waals surface area contributed by atoms with Gasteiger partial charge in [-0.1, -0.05) is 0 Å². The normalized spacial score (nSPS) is 17.2. The van der Waals surface area contributed by atoms with Gasteiger partial charge in [0.1, 0.15) is 5.41 Å². The number of rotatable bonds is 3. The van der Waals surface area contributed by atoms with Crippen LogP contribution in [-0.2, 0) is 11.3 Å². The summed E-state index contributed by atoms with van der Waals surface area (Å²) in [5.41, 5.74) is 0.196. The van der Waals surface area contributed by atoms with Gasteiger partial charge in [0, 0.05) is 25.4 Å². The first kappa shape index (κ1) is 10.7. The average Bonchev–Trinajstić information content (AvgIpc) is 2.69. The third kappa shape index (κ3) is 1.67. The van der Waals surface area contributed by atoms with Gasteiger partial charge in [-0.05, 0) is 19.3 Å². The minimum absolute atomic E-state index is 0.0672. The Morgan fingerprint density at radius 1 is 1.75 bits per heavy atom. The highest BCUT2D eigenvalue weighted by Crippen LogP contribution is 2.41. The van der Waals surface area contributed by atoms with Crippen LogP contribution in [0.2, 0.25) is 0 Å². The van der Waals surface area contributed by atoms with Crippen LogP contribution in [0.15, 0.2) is 12.4 Å². The Hall–Kier alpha value is -1.83. The molecule has 0 aliphatic heterocycles. The predicted molar refractivity (Wildman–Crippen MR) is 57.0 cm³/mol. The Morgan fingerprint density at radius 2 is 2.50 bits per heavy atom. The fourth-order valence-electron chi connectivity index (χ4n) is 1.98. The fourth-order valence-corrected chi connectivity index (χ4v) is 1.98. The minimum Gasteiger partial charge on any atom is -0.340 e. The summed E-state index contributed by atoms with van der Waals surface area (Å²) < 4.78 is 0. The molecule has 1 aromatic rings. The topological polar surface area (TPSA) is 72.8 Å². The number of H-pyrrole nitrogens is 1. The van der Waals surface area contributed by atoms with Gasteiger partial charge >= 0.3 is 0 Å². The van der Waals surface area contributed by atoms with E-state index in [4.69, 9.17) is 5.26 Å². The smallest absolute Gasteiger partial charge is 0.243 e. The lowest BCUT2D eigenvalue weighted by Crippen LogP contribution is -2.45. The van der Waals surface area contributed by atoms with Crippen molar-refractivity contribution in [3.8, 4) is 6.07 Å². The van der Waals surface area contributed by atoms with Gasteiger partial charge in [0.05, 0.1) is 12.3 Å². The third-order valence-electron chi connectivity index (χ3n) is 3.15. The molecule has 2 rings (SSSR count). The molecule has 0 unspecified atom stereocenters. The standard InChI is InChI=1S/C11H14N4O/c1-15(7-9-5-13-14-6-9)10(16)11(8-12)3-2-4-11/h5-6H,2-4,7H2,1H3,(H,13,14). The first-order valence-electron chi connectivity index (χ1n) is 5.32. The van der Waals surface area contributed by atoms with E-state index >= 15 is 0 Å². The molecule has 1 N–H and O–H groups in total. The largest absolute Gasteiger partial charge is 0.340 e. The van der Waals surface area contributed by atoms with Gasteiger partial charge in [-0.3, -0.25) is 9.89 Å². The lowest BCUT2D eigenvalue weighted by atomic mass is 9.69. The summed E-state index contributed by atoms with van der Waals surface area (Å²) in [5, 5.41) is 15.6. The van der Waals surface area contributed by atoms with E-state index in [1.807, 2.05) is 0 Å². The SMILES string of the molecule is CN(Cc1cn[nH]c1)C(=O)C1(C#N)CCC1. The van der Waals surface area contributed by atoms with Crippen molar-refractivity contribution >= 4 is 5.91 Å². The molecule has 1 aliphatic rings. The highest BCUT2D eigenvalue weighted by atomic mass is 16.2. The van der Waals surface area contributed by atoms with Crippen molar-refractivity contribution in [2.24, 2.45) is 5.41 Å². The summed E-state index contributed by atoms with van der Waals surface area (Å²) in [6, 6.07) is 2.16. The van der Waals surface area contributed by atoms with Crippen LogP contribution >= 0.6 is 0 Å². The molecule has 84 valence electrons. The molecule has 1 aromatic heterocycles. The van der Waals surface area contributed by atoms with Crippen LogP contribution < -0.4 is 0 Å². The zero-order chi connectivity index (χ0) is 11.6. The molecular weight excluding hydrogens is 204 g/mol. The number of aromatic amines is 1. The second kappa shape index (κ2) is 3.97. The summed E-state index contributed by atoms with van der Waals surface area (Å²) in [6.45, 7) is 0.499. The van der Waals surface area contributed by atoms with Crippen LogP contribution in [0.25, 0.3) is 0 Å². The molecule has 1 heterocycles. The maximum atomic E-state index is 12.1. The monoisotopic (exact) mass is 218 g/mol. The Bertz CT molecular complexity index is 414. The van der Waals surface area contributed by atoms with Crippen LogP contribution in [-0.4, -0.2) is 28.1 Å². The van der Waals surface area contributed by atoms with Gasteiger partial charge in [-0.25, -0.2) is 0 Å². The molecule has 16 heavy (non-hydrogen) atoms. The number of nitrogens with one attached hydrogen (secondary N) is 1.